The summed E-state index contributed by atoms with van der Waals surface area (Å²) in [5, 5.41) is 7.58. The third-order valence-electron chi connectivity index (χ3n) is 4.60. The molecule has 156 valence electrons. The van der Waals surface area contributed by atoms with Gasteiger partial charge in [0.05, 0.1) is 0 Å². The first-order valence-electron chi connectivity index (χ1n) is 8.90. The van der Waals surface area contributed by atoms with Gasteiger partial charge < -0.3 is 5.73 Å². The molecule has 2 aromatic heterocycles. The molecule has 0 spiro atoms. The van der Waals surface area contributed by atoms with E-state index in [0.29, 0.717) is 16.1 Å². The van der Waals surface area contributed by atoms with Crippen LogP contribution in [-0.2, 0) is 14.8 Å². The Bertz CT molecular complexity index is 1220. The third-order valence-corrected chi connectivity index (χ3v) is 7.86. The SMILES string of the molecule is C=CC(c1ccc(-c2cccc(N)c2C)s1)S(=O)(=O)n1ccc(/C=C/C(=O)NO)c1. The fourth-order valence-electron chi connectivity index (χ4n) is 2.95. The summed E-state index contributed by atoms with van der Waals surface area (Å²) in [6.45, 7) is 5.65. The van der Waals surface area contributed by atoms with Crippen LogP contribution in [0.25, 0.3) is 16.5 Å². The number of nitrogens with zero attached hydrogens (tertiary/aromatic N) is 1. The van der Waals surface area contributed by atoms with Crippen LogP contribution < -0.4 is 11.2 Å². The number of hydroxylamine groups is 1. The van der Waals surface area contributed by atoms with Crippen molar-refractivity contribution < 1.29 is 18.4 Å². The van der Waals surface area contributed by atoms with Crippen LogP contribution in [0.2, 0.25) is 0 Å². The largest absolute Gasteiger partial charge is 0.398 e. The average Bonchev–Trinajstić information content (AvgIpc) is 3.39. The average molecular weight is 444 g/mol. The first-order valence-corrected chi connectivity index (χ1v) is 11.2. The molecule has 0 aliphatic heterocycles. The van der Waals surface area contributed by atoms with Gasteiger partial charge in [0.2, 0.25) is 10.0 Å². The first-order chi connectivity index (χ1) is 14.3. The van der Waals surface area contributed by atoms with Gasteiger partial charge in [0.1, 0.15) is 5.25 Å². The number of amides is 1. The maximum Gasteiger partial charge on any atom is 0.267 e. The number of nitrogens with two attached hydrogens (primary N) is 1. The molecule has 0 aliphatic rings. The summed E-state index contributed by atoms with van der Waals surface area (Å²) in [7, 11) is -3.81. The van der Waals surface area contributed by atoms with Crippen molar-refractivity contribution in [3.63, 3.8) is 0 Å². The van der Waals surface area contributed by atoms with Crippen LogP contribution in [0, 0.1) is 6.92 Å². The van der Waals surface area contributed by atoms with Crippen LogP contribution in [0.3, 0.4) is 0 Å². The third kappa shape index (κ3) is 4.23. The number of nitrogens with one attached hydrogen (secondary N) is 1. The zero-order chi connectivity index (χ0) is 21.9. The number of thiophene rings is 1. The van der Waals surface area contributed by atoms with Gasteiger partial charge in [-0.2, -0.15) is 0 Å². The van der Waals surface area contributed by atoms with Crippen LogP contribution in [0.15, 0.2) is 67.5 Å². The van der Waals surface area contributed by atoms with Crippen molar-refractivity contribution in [1.29, 1.82) is 0 Å². The Morgan fingerprint density at radius 3 is 2.77 bits per heavy atom. The van der Waals surface area contributed by atoms with Crippen LogP contribution in [0.5, 0.6) is 0 Å². The maximum absolute atomic E-state index is 13.2. The molecular weight excluding hydrogens is 422 g/mol. The van der Waals surface area contributed by atoms with Crippen molar-refractivity contribution in [3.05, 3.63) is 83.5 Å². The lowest BCUT2D eigenvalue weighted by atomic mass is 10.1. The standard InChI is InChI=1S/C21H21N3O4S2/c1-3-20(19-9-8-18(29-19)16-5-4-6-17(22)14(16)2)30(27,28)24-12-11-15(13-24)7-10-21(25)23-26/h3-13,20,26H,1,22H2,2H3,(H,23,25)/b10-7+. The Kier molecular flexibility index (Phi) is 6.25. The molecule has 3 rings (SSSR count). The maximum atomic E-state index is 13.2. The number of benzene rings is 1. The Balaban J connectivity index is 1.93. The molecule has 0 fully saturated rings. The number of carbonyl (C=O) groups excluding carboxylic acids is 1. The second-order valence-electron chi connectivity index (χ2n) is 6.51. The van der Waals surface area contributed by atoms with E-state index >= 15 is 0 Å². The van der Waals surface area contributed by atoms with Gasteiger partial charge in [-0.3, -0.25) is 14.0 Å². The molecule has 0 bridgehead atoms. The lowest BCUT2D eigenvalue weighted by Crippen LogP contribution is -2.17. The van der Waals surface area contributed by atoms with Crippen molar-refractivity contribution >= 4 is 39.0 Å². The molecule has 0 radical (unpaired) electrons. The lowest BCUT2D eigenvalue weighted by molar-refractivity contribution is -0.124. The fourth-order valence-corrected chi connectivity index (χ4v) is 5.90. The smallest absolute Gasteiger partial charge is 0.267 e. The number of hydrogen-bond donors (Lipinski definition) is 3. The van der Waals surface area contributed by atoms with Crippen molar-refractivity contribution in [2.24, 2.45) is 0 Å². The van der Waals surface area contributed by atoms with E-state index in [2.05, 4.69) is 6.58 Å². The van der Waals surface area contributed by atoms with Crippen molar-refractivity contribution in [2.75, 3.05) is 5.73 Å². The summed E-state index contributed by atoms with van der Waals surface area (Å²) in [5.41, 5.74) is 10.5. The van der Waals surface area contributed by atoms with E-state index in [-0.39, 0.29) is 0 Å². The summed E-state index contributed by atoms with van der Waals surface area (Å²) in [4.78, 5) is 12.7. The van der Waals surface area contributed by atoms with Gasteiger partial charge in [0.25, 0.3) is 5.91 Å². The van der Waals surface area contributed by atoms with Gasteiger partial charge in [0.15, 0.2) is 0 Å². The van der Waals surface area contributed by atoms with E-state index < -0.39 is 21.2 Å². The highest BCUT2D eigenvalue weighted by atomic mass is 32.2. The number of aromatic nitrogens is 1. The quantitative estimate of drug-likeness (QED) is 0.169. The minimum atomic E-state index is -3.81. The van der Waals surface area contributed by atoms with Gasteiger partial charge in [-0.1, -0.05) is 18.2 Å². The van der Waals surface area contributed by atoms with Crippen molar-refractivity contribution in [1.82, 2.24) is 9.45 Å². The van der Waals surface area contributed by atoms with Gasteiger partial charge in [-0.15, -0.1) is 17.9 Å². The second kappa shape index (κ2) is 8.70. The normalized spacial score (nSPS) is 12.7. The molecule has 0 aliphatic carbocycles. The van der Waals surface area contributed by atoms with Crippen LogP contribution in [-0.4, -0.2) is 23.5 Å². The number of hydrogen-bond acceptors (Lipinski definition) is 6. The molecule has 1 atom stereocenters. The Morgan fingerprint density at radius 2 is 2.07 bits per heavy atom. The lowest BCUT2D eigenvalue weighted by Gasteiger charge is -2.13. The fraction of sp³-hybridized carbons (Fsp3) is 0.0952. The zero-order valence-electron chi connectivity index (χ0n) is 16.1. The van der Waals surface area contributed by atoms with Gasteiger partial charge in [-0.25, -0.2) is 13.9 Å². The number of nitrogen functional groups attached to an aromatic ring is 1. The van der Waals surface area contributed by atoms with E-state index in [1.807, 2.05) is 31.2 Å². The van der Waals surface area contributed by atoms with Crippen LogP contribution in [0.4, 0.5) is 5.69 Å². The Hall–Kier alpha value is -3.14. The van der Waals surface area contributed by atoms with E-state index in [1.54, 1.807) is 12.1 Å². The predicted molar refractivity (Wildman–Crippen MR) is 120 cm³/mol. The second-order valence-corrected chi connectivity index (χ2v) is 9.58. The summed E-state index contributed by atoms with van der Waals surface area (Å²) in [6.07, 6.45) is 6.68. The van der Waals surface area contributed by atoms with E-state index in [1.165, 1.54) is 41.4 Å². The van der Waals surface area contributed by atoms with Crippen molar-refractivity contribution in [2.45, 2.75) is 12.2 Å². The van der Waals surface area contributed by atoms with Gasteiger partial charge >= 0.3 is 0 Å². The highest BCUT2D eigenvalue weighted by Crippen LogP contribution is 2.38. The van der Waals surface area contributed by atoms with E-state index in [0.717, 1.165) is 26.1 Å². The first kappa shape index (κ1) is 21.6. The molecule has 3 aromatic rings. The number of rotatable bonds is 7. The topological polar surface area (TPSA) is 114 Å². The highest BCUT2D eigenvalue weighted by Gasteiger charge is 2.27. The molecule has 1 amide bonds. The summed E-state index contributed by atoms with van der Waals surface area (Å²) >= 11 is 1.37. The molecule has 2 heterocycles. The zero-order valence-corrected chi connectivity index (χ0v) is 17.8. The Morgan fingerprint density at radius 1 is 1.30 bits per heavy atom. The highest BCUT2D eigenvalue weighted by molar-refractivity contribution is 7.90. The summed E-state index contributed by atoms with van der Waals surface area (Å²) in [6, 6.07) is 10.9. The number of carbonyl (C=O) groups is 1. The predicted octanol–water partition coefficient (Wildman–Crippen LogP) is 3.73. The minimum absolute atomic E-state index is 0.493. The molecule has 1 unspecified atom stereocenters. The molecule has 4 N–H and O–H groups in total. The van der Waals surface area contributed by atoms with Crippen LogP contribution in [0.1, 0.15) is 21.3 Å². The van der Waals surface area contributed by atoms with E-state index in [9.17, 15) is 13.2 Å². The van der Waals surface area contributed by atoms with Crippen LogP contribution >= 0.6 is 11.3 Å². The van der Waals surface area contributed by atoms with E-state index in [4.69, 9.17) is 10.9 Å². The molecule has 9 heteroatoms. The molecular formula is C21H21N3O4S2. The summed E-state index contributed by atoms with van der Waals surface area (Å²) < 4.78 is 27.4. The molecule has 0 saturated heterocycles. The monoisotopic (exact) mass is 443 g/mol. The molecule has 1 aromatic carbocycles. The minimum Gasteiger partial charge on any atom is -0.398 e. The number of anilines is 1. The van der Waals surface area contributed by atoms with Gasteiger partial charge in [0, 0.05) is 33.9 Å². The van der Waals surface area contributed by atoms with Crippen molar-refractivity contribution in [3.8, 4) is 10.4 Å². The van der Waals surface area contributed by atoms with Gasteiger partial charge in [-0.05, 0) is 54.0 Å². The molecule has 0 saturated carbocycles. The molecule has 30 heavy (non-hydrogen) atoms. The Labute approximate surface area is 178 Å². The summed E-state index contributed by atoms with van der Waals surface area (Å²) in [5.74, 6) is -0.711. The molecule has 7 nitrogen and oxygen atoms in total.